The van der Waals surface area contributed by atoms with E-state index in [-0.39, 0.29) is 0 Å². The van der Waals surface area contributed by atoms with E-state index < -0.39 is 6.09 Å². The van der Waals surface area contributed by atoms with E-state index in [0.29, 0.717) is 21.5 Å². The second kappa shape index (κ2) is 6.79. The van der Waals surface area contributed by atoms with Crippen LogP contribution in [-0.2, 0) is 0 Å². The Kier molecular flexibility index (Phi) is 4.76. The minimum atomic E-state index is -0.597. The number of hydrogen-bond donors (Lipinski definition) is 1. The van der Waals surface area contributed by atoms with Crippen molar-refractivity contribution in [1.82, 2.24) is 0 Å². The van der Waals surface area contributed by atoms with Gasteiger partial charge in [0.1, 0.15) is 5.75 Å². The van der Waals surface area contributed by atoms with Gasteiger partial charge in [0, 0.05) is 10.2 Å². The summed E-state index contributed by atoms with van der Waals surface area (Å²) in [5.41, 5.74) is 0.508. The first kappa shape index (κ1) is 16.1. The molecule has 0 saturated carbocycles. The van der Waals surface area contributed by atoms with Gasteiger partial charge in [-0.05, 0) is 53.2 Å². The van der Waals surface area contributed by atoms with Gasteiger partial charge in [-0.1, -0.05) is 51.3 Å². The number of nitrogens with one attached hydrogen (secondary N) is 1. The molecule has 0 atom stereocenters. The Labute approximate surface area is 151 Å². The van der Waals surface area contributed by atoms with Crippen LogP contribution in [0.2, 0.25) is 10.0 Å². The minimum absolute atomic E-state index is 0.362. The van der Waals surface area contributed by atoms with Crippen molar-refractivity contribution < 1.29 is 9.53 Å². The lowest BCUT2D eigenvalue weighted by molar-refractivity contribution is 0.215. The Balaban J connectivity index is 1.74. The van der Waals surface area contributed by atoms with Crippen molar-refractivity contribution in [2.24, 2.45) is 0 Å². The van der Waals surface area contributed by atoms with Crippen molar-refractivity contribution in [1.29, 1.82) is 0 Å². The molecule has 0 radical (unpaired) electrons. The van der Waals surface area contributed by atoms with Crippen LogP contribution in [0.1, 0.15) is 0 Å². The van der Waals surface area contributed by atoms with Gasteiger partial charge in [-0.2, -0.15) is 0 Å². The van der Waals surface area contributed by atoms with E-state index in [4.69, 9.17) is 27.9 Å². The standard InChI is InChI=1S/C17H10BrCl2NO2/c18-12-3-1-11-8-14(5-2-10(11)7-12)23-17(22)21-13-4-6-15(19)16(20)9-13/h1-9H,(H,21,22). The summed E-state index contributed by atoms with van der Waals surface area (Å²) in [6.45, 7) is 0. The molecule has 0 aliphatic carbocycles. The van der Waals surface area contributed by atoms with Gasteiger partial charge in [-0.3, -0.25) is 5.32 Å². The summed E-state index contributed by atoms with van der Waals surface area (Å²) in [6, 6.07) is 16.1. The van der Waals surface area contributed by atoms with Crippen molar-refractivity contribution >= 4 is 61.7 Å². The summed E-state index contributed by atoms with van der Waals surface area (Å²) in [5, 5.41) is 5.42. The van der Waals surface area contributed by atoms with Crippen LogP contribution in [-0.4, -0.2) is 6.09 Å². The number of anilines is 1. The Morgan fingerprint density at radius 2 is 1.65 bits per heavy atom. The topological polar surface area (TPSA) is 38.3 Å². The SMILES string of the molecule is O=C(Nc1ccc(Cl)c(Cl)c1)Oc1ccc2cc(Br)ccc2c1. The molecule has 3 aromatic rings. The van der Waals surface area contributed by atoms with E-state index in [0.717, 1.165) is 15.2 Å². The smallest absolute Gasteiger partial charge is 0.410 e. The third-order valence-corrected chi connectivity index (χ3v) is 4.38. The molecule has 3 rings (SSSR count). The summed E-state index contributed by atoms with van der Waals surface area (Å²) in [6.07, 6.45) is -0.597. The van der Waals surface area contributed by atoms with Crippen LogP contribution in [0, 0.1) is 0 Å². The lowest BCUT2D eigenvalue weighted by atomic mass is 10.1. The second-order valence-corrected chi connectivity index (χ2v) is 6.53. The zero-order valence-electron chi connectivity index (χ0n) is 11.6. The van der Waals surface area contributed by atoms with Crippen LogP contribution in [0.5, 0.6) is 5.75 Å². The molecule has 1 amide bonds. The monoisotopic (exact) mass is 409 g/mol. The fraction of sp³-hybridized carbons (Fsp3) is 0. The molecule has 0 saturated heterocycles. The number of carbonyl (C=O) groups excluding carboxylic acids is 1. The van der Waals surface area contributed by atoms with Crippen molar-refractivity contribution in [3.8, 4) is 5.75 Å². The first-order valence-corrected chi connectivity index (χ1v) is 8.19. The van der Waals surface area contributed by atoms with E-state index >= 15 is 0 Å². The minimum Gasteiger partial charge on any atom is -0.410 e. The fourth-order valence-electron chi connectivity index (χ4n) is 2.08. The Morgan fingerprint density at radius 3 is 2.43 bits per heavy atom. The molecule has 0 heterocycles. The molecule has 1 N–H and O–H groups in total. The van der Waals surface area contributed by atoms with E-state index in [1.54, 1.807) is 30.3 Å². The highest BCUT2D eigenvalue weighted by atomic mass is 79.9. The maximum atomic E-state index is 12.0. The molecule has 0 fully saturated rings. The molecule has 23 heavy (non-hydrogen) atoms. The van der Waals surface area contributed by atoms with E-state index in [9.17, 15) is 4.79 Å². The number of fused-ring (bicyclic) bond motifs is 1. The molecular weight excluding hydrogens is 401 g/mol. The van der Waals surface area contributed by atoms with Crippen molar-refractivity contribution in [2.75, 3.05) is 5.32 Å². The van der Waals surface area contributed by atoms with Crippen molar-refractivity contribution in [3.05, 3.63) is 69.1 Å². The highest BCUT2D eigenvalue weighted by Crippen LogP contribution is 2.26. The van der Waals surface area contributed by atoms with Gasteiger partial charge >= 0.3 is 6.09 Å². The van der Waals surface area contributed by atoms with Crippen molar-refractivity contribution in [2.45, 2.75) is 0 Å². The number of ether oxygens (including phenoxy) is 1. The normalized spacial score (nSPS) is 10.6. The number of amides is 1. The van der Waals surface area contributed by atoms with E-state index in [1.807, 2.05) is 24.3 Å². The molecule has 0 aliphatic rings. The van der Waals surface area contributed by atoms with Crippen LogP contribution in [0.25, 0.3) is 10.8 Å². The summed E-state index contributed by atoms with van der Waals surface area (Å²) in [4.78, 5) is 12.0. The lowest BCUT2D eigenvalue weighted by Gasteiger charge is -2.08. The van der Waals surface area contributed by atoms with Crippen LogP contribution in [0.4, 0.5) is 10.5 Å². The molecular formula is C17H10BrCl2NO2. The van der Waals surface area contributed by atoms with Crippen LogP contribution < -0.4 is 10.1 Å². The number of carbonyl (C=O) groups is 1. The highest BCUT2D eigenvalue weighted by molar-refractivity contribution is 9.10. The van der Waals surface area contributed by atoms with Gasteiger partial charge < -0.3 is 4.74 Å². The molecule has 6 heteroatoms. The van der Waals surface area contributed by atoms with Gasteiger partial charge in [0.2, 0.25) is 0 Å². The van der Waals surface area contributed by atoms with Gasteiger partial charge in [0.25, 0.3) is 0 Å². The first-order valence-electron chi connectivity index (χ1n) is 6.64. The van der Waals surface area contributed by atoms with Gasteiger partial charge in [-0.25, -0.2) is 4.79 Å². The summed E-state index contributed by atoms with van der Waals surface area (Å²) in [5.74, 6) is 0.456. The van der Waals surface area contributed by atoms with Gasteiger partial charge in [0.15, 0.2) is 0 Å². The number of rotatable bonds is 2. The van der Waals surface area contributed by atoms with E-state index in [2.05, 4.69) is 21.2 Å². The second-order valence-electron chi connectivity index (χ2n) is 4.80. The highest BCUT2D eigenvalue weighted by Gasteiger charge is 2.07. The molecule has 0 aliphatic heterocycles. The largest absolute Gasteiger partial charge is 0.417 e. The van der Waals surface area contributed by atoms with Crippen LogP contribution in [0.15, 0.2) is 59.1 Å². The zero-order chi connectivity index (χ0) is 16.4. The fourth-order valence-corrected chi connectivity index (χ4v) is 2.76. The number of benzene rings is 3. The zero-order valence-corrected chi connectivity index (χ0v) is 14.7. The Bertz CT molecular complexity index is 899. The average molecular weight is 411 g/mol. The van der Waals surface area contributed by atoms with Crippen molar-refractivity contribution in [3.63, 3.8) is 0 Å². The Morgan fingerprint density at radius 1 is 0.913 bits per heavy atom. The van der Waals surface area contributed by atoms with Gasteiger partial charge in [0.05, 0.1) is 10.0 Å². The number of halogens is 3. The lowest BCUT2D eigenvalue weighted by Crippen LogP contribution is -2.16. The maximum Gasteiger partial charge on any atom is 0.417 e. The average Bonchev–Trinajstić information content (AvgIpc) is 2.51. The third kappa shape index (κ3) is 3.96. The molecule has 3 aromatic carbocycles. The molecule has 0 bridgehead atoms. The number of hydrogen-bond acceptors (Lipinski definition) is 2. The predicted molar refractivity (Wildman–Crippen MR) is 97.8 cm³/mol. The first-order chi connectivity index (χ1) is 11.0. The molecule has 0 unspecified atom stereocenters. The molecule has 0 spiro atoms. The predicted octanol–water partition coefficient (Wildman–Crippen LogP) is 6.52. The van der Waals surface area contributed by atoms with Crippen LogP contribution >= 0.6 is 39.1 Å². The summed E-state index contributed by atoms with van der Waals surface area (Å²) < 4.78 is 6.29. The quantitative estimate of drug-likeness (QED) is 0.522. The maximum absolute atomic E-state index is 12.0. The summed E-state index contributed by atoms with van der Waals surface area (Å²) in [7, 11) is 0. The molecule has 3 nitrogen and oxygen atoms in total. The third-order valence-electron chi connectivity index (χ3n) is 3.15. The van der Waals surface area contributed by atoms with Gasteiger partial charge in [-0.15, -0.1) is 0 Å². The summed E-state index contributed by atoms with van der Waals surface area (Å²) >= 11 is 15.2. The molecule has 0 aromatic heterocycles. The van der Waals surface area contributed by atoms with Crippen LogP contribution in [0.3, 0.4) is 0 Å². The Hall–Kier alpha value is -1.75. The van der Waals surface area contributed by atoms with E-state index in [1.165, 1.54) is 0 Å². The molecule has 116 valence electrons.